The van der Waals surface area contributed by atoms with Crippen LogP contribution in [0.4, 0.5) is 5.69 Å². The Kier molecular flexibility index (Phi) is 6.75. The number of nitrogens with two attached hydrogens (primary N) is 1. The standard InChI is InChI=1S/C21H25N5O2/c22-10-3-1-2-4-11-23-20(27)15-6-5-7-17(12-15)26-21(28)16-8-9-18-19(13-16)25-14-24-18/h5-9,12-14H,1-4,10-11,22H2,(H,23,27)(H,24,25)(H,26,28). The van der Waals surface area contributed by atoms with Crippen LogP contribution in [0.15, 0.2) is 48.8 Å². The fourth-order valence-electron chi connectivity index (χ4n) is 2.95. The topological polar surface area (TPSA) is 113 Å². The normalized spacial score (nSPS) is 10.8. The molecule has 146 valence electrons. The molecule has 0 spiro atoms. The van der Waals surface area contributed by atoms with Crippen LogP contribution in [-0.2, 0) is 0 Å². The van der Waals surface area contributed by atoms with E-state index < -0.39 is 0 Å². The number of aromatic amines is 1. The van der Waals surface area contributed by atoms with Gasteiger partial charge in [0.05, 0.1) is 17.4 Å². The van der Waals surface area contributed by atoms with Crippen LogP contribution in [-0.4, -0.2) is 34.9 Å². The van der Waals surface area contributed by atoms with E-state index >= 15 is 0 Å². The van der Waals surface area contributed by atoms with Crippen molar-refractivity contribution in [2.45, 2.75) is 25.7 Å². The number of amides is 2. The Balaban J connectivity index is 1.56. The summed E-state index contributed by atoms with van der Waals surface area (Å²) >= 11 is 0. The van der Waals surface area contributed by atoms with E-state index in [-0.39, 0.29) is 11.8 Å². The van der Waals surface area contributed by atoms with Gasteiger partial charge in [0.1, 0.15) is 0 Å². The van der Waals surface area contributed by atoms with Gasteiger partial charge in [0, 0.05) is 23.4 Å². The van der Waals surface area contributed by atoms with Crippen molar-refractivity contribution in [1.82, 2.24) is 15.3 Å². The maximum Gasteiger partial charge on any atom is 0.255 e. The number of H-pyrrole nitrogens is 1. The highest BCUT2D eigenvalue weighted by Crippen LogP contribution is 2.15. The van der Waals surface area contributed by atoms with Crippen molar-refractivity contribution in [1.29, 1.82) is 0 Å². The zero-order valence-electron chi connectivity index (χ0n) is 15.7. The second-order valence-corrected chi connectivity index (χ2v) is 6.63. The monoisotopic (exact) mass is 379 g/mol. The van der Waals surface area contributed by atoms with E-state index in [0.29, 0.717) is 29.9 Å². The Labute approximate surface area is 163 Å². The number of hydrogen-bond donors (Lipinski definition) is 4. The first-order valence-corrected chi connectivity index (χ1v) is 9.50. The predicted molar refractivity (Wildman–Crippen MR) is 110 cm³/mol. The van der Waals surface area contributed by atoms with Crippen molar-refractivity contribution in [2.75, 3.05) is 18.4 Å². The Morgan fingerprint density at radius 1 is 0.964 bits per heavy atom. The number of hydrogen-bond acceptors (Lipinski definition) is 4. The zero-order chi connectivity index (χ0) is 19.8. The molecule has 0 aliphatic rings. The first-order valence-electron chi connectivity index (χ1n) is 9.50. The van der Waals surface area contributed by atoms with E-state index in [1.807, 2.05) is 0 Å². The lowest BCUT2D eigenvalue weighted by atomic mass is 10.1. The minimum atomic E-state index is -0.242. The summed E-state index contributed by atoms with van der Waals surface area (Å²) < 4.78 is 0. The lowest BCUT2D eigenvalue weighted by molar-refractivity contribution is 0.0951. The van der Waals surface area contributed by atoms with Gasteiger partial charge in [-0.15, -0.1) is 0 Å². The van der Waals surface area contributed by atoms with Gasteiger partial charge in [-0.2, -0.15) is 0 Å². The molecule has 0 atom stereocenters. The lowest BCUT2D eigenvalue weighted by Gasteiger charge is -2.09. The van der Waals surface area contributed by atoms with Gasteiger partial charge in [-0.1, -0.05) is 18.9 Å². The average Bonchev–Trinajstić information content (AvgIpc) is 3.18. The number of carbonyl (C=O) groups is 2. The van der Waals surface area contributed by atoms with Gasteiger partial charge in [0.15, 0.2) is 0 Å². The smallest absolute Gasteiger partial charge is 0.255 e. The lowest BCUT2D eigenvalue weighted by Crippen LogP contribution is -2.24. The van der Waals surface area contributed by atoms with E-state index in [2.05, 4.69) is 20.6 Å². The molecular formula is C21H25N5O2. The number of unbranched alkanes of at least 4 members (excludes halogenated alkanes) is 3. The molecule has 0 bridgehead atoms. The Morgan fingerprint density at radius 3 is 2.64 bits per heavy atom. The van der Waals surface area contributed by atoms with E-state index in [1.54, 1.807) is 48.8 Å². The van der Waals surface area contributed by atoms with Gasteiger partial charge in [-0.25, -0.2) is 4.98 Å². The molecule has 1 heterocycles. The number of benzene rings is 2. The Morgan fingerprint density at radius 2 is 1.79 bits per heavy atom. The molecule has 3 rings (SSSR count). The number of fused-ring (bicyclic) bond motifs is 1. The molecule has 0 saturated carbocycles. The molecule has 2 aromatic carbocycles. The number of nitrogens with one attached hydrogen (secondary N) is 3. The second kappa shape index (κ2) is 9.66. The molecule has 0 saturated heterocycles. The summed E-state index contributed by atoms with van der Waals surface area (Å²) in [5.41, 5.74) is 8.68. The van der Waals surface area contributed by atoms with Gasteiger partial charge < -0.3 is 21.4 Å². The molecular weight excluding hydrogens is 354 g/mol. The van der Waals surface area contributed by atoms with Crippen molar-refractivity contribution in [2.24, 2.45) is 5.73 Å². The molecule has 0 unspecified atom stereocenters. The first-order chi connectivity index (χ1) is 13.7. The van der Waals surface area contributed by atoms with Crippen molar-refractivity contribution < 1.29 is 9.59 Å². The maximum absolute atomic E-state index is 12.5. The largest absolute Gasteiger partial charge is 0.352 e. The van der Waals surface area contributed by atoms with E-state index in [4.69, 9.17) is 5.73 Å². The molecule has 7 nitrogen and oxygen atoms in total. The number of nitrogens with zero attached hydrogens (tertiary/aromatic N) is 1. The number of aromatic nitrogens is 2. The molecule has 2 amide bonds. The average molecular weight is 379 g/mol. The summed E-state index contributed by atoms with van der Waals surface area (Å²) in [4.78, 5) is 31.9. The summed E-state index contributed by atoms with van der Waals surface area (Å²) in [5.74, 6) is -0.386. The Hall–Kier alpha value is -3.19. The highest BCUT2D eigenvalue weighted by Gasteiger charge is 2.10. The molecule has 7 heteroatoms. The van der Waals surface area contributed by atoms with Crippen LogP contribution in [0.5, 0.6) is 0 Å². The van der Waals surface area contributed by atoms with Crippen LogP contribution in [0, 0.1) is 0 Å². The molecule has 0 aliphatic heterocycles. The molecule has 1 aromatic heterocycles. The molecule has 0 fully saturated rings. The SMILES string of the molecule is NCCCCCCNC(=O)c1cccc(NC(=O)c2ccc3nc[nH]c3c2)c1. The van der Waals surface area contributed by atoms with Crippen LogP contribution in [0.25, 0.3) is 11.0 Å². The predicted octanol–water partition coefficient (Wildman–Crippen LogP) is 3.06. The molecule has 0 aliphatic carbocycles. The highest BCUT2D eigenvalue weighted by molar-refractivity contribution is 6.06. The summed E-state index contributed by atoms with van der Waals surface area (Å²) in [7, 11) is 0. The highest BCUT2D eigenvalue weighted by atomic mass is 16.2. The van der Waals surface area contributed by atoms with Gasteiger partial charge >= 0.3 is 0 Å². The fraction of sp³-hybridized carbons (Fsp3) is 0.286. The minimum Gasteiger partial charge on any atom is -0.352 e. The summed E-state index contributed by atoms with van der Waals surface area (Å²) in [6.07, 6.45) is 5.67. The number of rotatable bonds is 9. The molecule has 3 aromatic rings. The second-order valence-electron chi connectivity index (χ2n) is 6.63. The third-order valence-corrected chi connectivity index (χ3v) is 4.48. The van der Waals surface area contributed by atoms with Crippen LogP contribution in [0.1, 0.15) is 46.4 Å². The van der Waals surface area contributed by atoms with Gasteiger partial charge in [0.2, 0.25) is 0 Å². The number of carbonyl (C=O) groups excluding carboxylic acids is 2. The van der Waals surface area contributed by atoms with Crippen molar-refractivity contribution in [3.05, 3.63) is 59.9 Å². The zero-order valence-corrected chi connectivity index (χ0v) is 15.7. The van der Waals surface area contributed by atoms with Crippen LogP contribution in [0.2, 0.25) is 0 Å². The van der Waals surface area contributed by atoms with Crippen LogP contribution < -0.4 is 16.4 Å². The summed E-state index contributed by atoms with van der Waals surface area (Å²) in [6, 6.07) is 12.2. The van der Waals surface area contributed by atoms with Crippen LogP contribution >= 0.6 is 0 Å². The van der Waals surface area contributed by atoms with Crippen molar-refractivity contribution >= 4 is 28.5 Å². The van der Waals surface area contributed by atoms with E-state index in [9.17, 15) is 9.59 Å². The van der Waals surface area contributed by atoms with Gasteiger partial charge in [0.25, 0.3) is 11.8 Å². The third kappa shape index (κ3) is 5.17. The number of anilines is 1. The first kappa shape index (κ1) is 19.6. The van der Waals surface area contributed by atoms with Gasteiger partial charge in [-0.3, -0.25) is 9.59 Å². The number of imidazole rings is 1. The Bertz CT molecular complexity index is 951. The maximum atomic E-state index is 12.5. The summed E-state index contributed by atoms with van der Waals surface area (Å²) in [6.45, 7) is 1.34. The quantitative estimate of drug-likeness (QED) is 0.428. The van der Waals surface area contributed by atoms with Crippen LogP contribution in [0.3, 0.4) is 0 Å². The van der Waals surface area contributed by atoms with Crippen molar-refractivity contribution in [3.8, 4) is 0 Å². The van der Waals surface area contributed by atoms with Gasteiger partial charge in [-0.05, 0) is 55.8 Å². The summed E-state index contributed by atoms with van der Waals surface area (Å²) in [5, 5.41) is 5.75. The fourth-order valence-corrected chi connectivity index (χ4v) is 2.95. The minimum absolute atomic E-state index is 0.145. The third-order valence-electron chi connectivity index (χ3n) is 4.48. The van der Waals surface area contributed by atoms with E-state index in [0.717, 1.165) is 36.7 Å². The molecule has 5 N–H and O–H groups in total. The molecule has 28 heavy (non-hydrogen) atoms. The molecule has 0 radical (unpaired) electrons. The van der Waals surface area contributed by atoms with Crippen molar-refractivity contribution in [3.63, 3.8) is 0 Å². The van der Waals surface area contributed by atoms with E-state index in [1.165, 1.54) is 0 Å².